The molecule has 17 heavy (non-hydrogen) atoms. The predicted octanol–water partition coefficient (Wildman–Crippen LogP) is -0.526. The average molecular weight is 237 g/mol. The molecule has 4 atom stereocenters. The topological polar surface area (TPSA) is 61.4 Å². The van der Waals surface area contributed by atoms with E-state index in [0.29, 0.717) is 12.1 Å². The Labute approximate surface area is 101 Å². The second-order valence-corrected chi connectivity index (χ2v) is 5.50. The molecular formula is C12H19N3O2. The first-order valence-corrected chi connectivity index (χ1v) is 6.46. The third-order valence-electron chi connectivity index (χ3n) is 4.38. The molecule has 2 amide bonds. The Bertz CT molecular complexity index is 358. The molecule has 0 spiro atoms. The average Bonchev–Trinajstić information content (AvgIpc) is 3.00. The normalized spacial score (nSPS) is 40.1. The minimum Gasteiger partial charge on any atom is -0.344 e. The number of carbonyl (C=O) groups excluding carboxylic acids is 2. The van der Waals surface area contributed by atoms with Gasteiger partial charge in [-0.15, -0.1) is 0 Å². The minimum absolute atomic E-state index is 0.0504. The first-order chi connectivity index (χ1) is 8.15. The fraction of sp³-hybridized carbons (Fsp3) is 0.833. The first-order valence-electron chi connectivity index (χ1n) is 6.46. The van der Waals surface area contributed by atoms with Gasteiger partial charge in [-0.05, 0) is 25.7 Å². The second kappa shape index (κ2) is 3.98. The highest BCUT2D eigenvalue weighted by molar-refractivity contribution is 5.90. The molecule has 0 aromatic heterocycles. The summed E-state index contributed by atoms with van der Waals surface area (Å²) in [7, 11) is 1.79. The van der Waals surface area contributed by atoms with Crippen LogP contribution in [0.25, 0.3) is 0 Å². The third-order valence-corrected chi connectivity index (χ3v) is 4.38. The molecule has 3 fully saturated rings. The zero-order valence-corrected chi connectivity index (χ0v) is 10.1. The van der Waals surface area contributed by atoms with Crippen LogP contribution in [0.4, 0.5) is 0 Å². The Morgan fingerprint density at radius 2 is 2.24 bits per heavy atom. The third kappa shape index (κ3) is 1.82. The Morgan fingerprint density at radius 3 is 2.76 bits per heavy atom. The van der Waals surface area contributed by atoms with Crippen LogP contribution in [0.1, 0.15) is 25.7 Å². The van der Waals surface area contributed by atoms with Crippen molar-refractivity contribution < 1.29 is 9.59 Å². The van der Waals surface area contributed by atoms with Crippen LogP contribution in [-0.4, -0.2) is 48.4 Å². The van der Waals surface area contributed by atoms with E-state index in [4.69, 9.17) is 0 Å². The molecule has 94 valence electrons. The van der Waals surface area contributed by atoms with Gasteiger partial charge in [0.2, 0.25) is 11.8 Å². The molecule has 0 aromatic rings. The molecular weight excluding hydrogens is 218 g/mol. The summed E-state index contributed by atoms with van der Waals surface area (Å²) >= 11 is 0. The lowest BCUT2D eigenvalue weighted by Crippen LogP contribution is -2.45. The quantitative estimate of drug-likeness (QED) is 0.679. The van der Waals surface area contributed by atoms with Crippen LogP contribution in [0.15, 0.2) is 0 Å². The first kappa shape index (κ1) is 11.0. The van der Waals surface area contributed by atoms with E-state index in [1.807, 2.05) is 0 Å². The van der Waals surface area contributed by atoms with E-state index in [1.54, 1.807) is 11.9 Å². The van der Waals surface area contributed by atoms with E-state index in [9.17, 15) is 9.59 Å². The summed E-state index contributed by atoms with van der Waals surface area (Å²) in [4.78, 5) is 25.5. The van der Waals surface area contributed by atoms with E-state index in [2.05, 4.69) is 10.6 Å². The number of hydrogen-bond acceptors (Lipinski definition) is 3. The van der Waals surface area contributed by atoms with E-state index in [-0.39, 0.29) is 23.8 Å². The number of likely N-dealkylation sites (tertiary alicyclic amines) is 1. The number of fused-ring (bicyclic) bond motifs is 2. The van der Waals surface area contributed by atoms with Gasteiger partial charge in [-0.25, -0.2) is 0 Å². The molecule has 5 heteroatoms. The number of hydrogen-bond donors (Lipinski definition) is 2. The van der Waals surface area contributed by atoms with Crippen molar-refractivity contribution in [1.29, 1.82) is 0 Å². The molecule has 2 bridgehead atoms. The Kier molecular flexibility index (Phi) is 2.58. The highest BCUT2D eigenvalue weighted by Crippen LogP contribution is 2.33. The van der Waals surface area contributed by atoms with Gasteiger partial charge in [0.05, 0.1) is 5.92 Å². The molecule has 0 aromatic carbocycles. The molecule has 5 nitrogen and oxygen atoms in total. The summed E-state index contributed by atoms with van der Waals surface area (Å²) in [6.07, 6.45) is 3.98. The van der Waals surface area contributed by atoms with Crippen LogP contribution < -0.4 is 10.6 Å². The van der Waals surface area contributed by atoms with E-state index < -0.39 is 0 Å². The summed E-state index contributed by atoms with van der Waals surface area (Å²) in [6.45, 7) is 0.749. The lowest BCUT2D eigenvalue weighted by Gasteiger charge is -2.21. The van der Waals surface area contributed by atoms with Crippen LogP contribution in [0, 0.1) is 5.92 Å². The molecule has 0 radical (unpaired) electrons. The van der Waals surface area contributed by atoms with Gasteiger partial charge in [-0.3, -0.25) is 9.59 Å². The van der Waals surface area contributed by atoms with Crippen molar-refractivity contribution in [2.75, 3.05) is 13.6 Å². The lowest BCUT2D eigenvalue weighted by atomic mass is 9.88. The number of carbonyl (C=O) groups is 2. The van der Waals surface area contributed by atoms with E-state index in [1.165, 1.54) is 6.42 Å². The number of nitrogens with one attached hydrogen (secondary N) is 2. The van der Waals surface area contributed by atoms with Crippen molar-refractivity contribution in [2.45, 2.75) is 43.8 Å². The molecule has 2 N–H and O–H groups in total. The molecule has 3 rings (SSSR count). The van der Waals surface area contributed by atoms with Crippen LogP contribution >= 0.6 is 0 Å². The van der Waals surface area contributed by atoms with Crippen molar-refractivity contribution >= 4 is 11.8 Å². The van der Waals surface area contributed by atoms with Crippen molar-refractivity contribution in [1.82, 2.24) is 15.5 Å². The largest absolute Gasteiger partial charge is 0.344 e. The fourth-order valence-electron chi connectivity index (χ4n) is 3.35. The monoisotopic (exact) mass is 237 g/mol. The van der Waals surface area contributed by atoms with Gasteiger partial charge in [-0.1, -0.05) is 0 Å². The molecule has 3 saturated heterocycles. The fourth-order valence-corrected chi connectivity index (χ4v) is 3.35. The summed E-state index contributed by atoms with van der Waals surface area (Å²) in [5.74, 6) is 0.195. The minimum atomic E-state index is -0.286. The van der Waals surface area contributed by atoms with Crippen molar-refractivity contribution in [3.05, 3.63) is 0 Å². The smallest absolute Gasteiger partial charge is 0.244 e. The second-order valence-electron chi connectivity index (χ2n) is 5.50. The summed E-state index contributed by atoms with van der Waals surface area (Å²) < 4.78 is 0. The predicted molar refractivity (Wildman–Crippen MR) is 62.2 cm³/mol. The Balaban J connectivity index is 1.59. The molecule has 3 aliphatic heterocycles. The van der Waals surface area contributed by atoms with E-state index in [0.717, 1.165) is 25.8 Å². The molecule has 0 saturated carbocycles. The maximum atomic E-state index is 12.1. The highest BCUT2D eigenvalue weighted by atomic mass is 16.2. The van der Waals surface area contributed by atoms with Crippen molar-refractivity contribution in [2.24, 2.45) is 5.92 Å². The summed E-state index contributed by atoms with van der Waals surface area (Å²) in [5.41, 5.74) is 0. The lowest BCUT2D eigenvalue weighted by molar-refractivity contribution is -0.133. The maximum Gasteiger partial charge on any atom is 0.244 e. The van der Waals surface area contributed by atoms with Crippen molar-refractivity contribution in [3.8, 4) is 0 Å². The summed E-state index contributed by atoms with van der Waals surface area (Å²) in [5, 5.41) is 6.36. The standard InChI is InChI=1S/C12H19N3O2/c1-15-5-4-10(12(15)17)14-11(16)8-6-7-2-3-9(8)13-7/h7-10,13H,2-6H2,1H3,(H,14,16). The van der Waals surface area contributed by atoms with Crippen LogP contribution in [0.2, 0.25) is 0 Å². The number of rotatable bonds is 2. The van der Waals surface area contributed by atoms with Gasteiger partial charge < -0.3 is 15.5 Å². The molecule has 0 aliphatic carbocycles. The van der Waals surface area contributed by atoms with Gasteiger partial charge in [0.1, 0.15) is 6.04 Å². The molecule has 3 aliphatic rings. The van der Waals surface area contributed by atoms with Crippen LogP contribution in [-0.2, 0) is 9.59 Å². The molecule has 4 unspecified atom stereocenters. The number of likely N-dealkylation sites (N-methyl/N-ethyl adjacent to an activating group) is 1. The molecule has 3 heterocycles. The van der Waals surface area contributed by atoms with Gasteiger partial charge in [0.15, 0.2) is 0 Å². The van der Waals surface area contributed by atoms with Gasteiger partial charge >= 0.3 is 0 Å². The van der Waals surface area contributed by atoms with Crippen molar-refractivity contribution in [3.63, 3.8) is 0 Å². The van der Waals surface area contributed by atoms with Gasteiger partial charge in [-0.2, -0.15) is 0 Å². The van der Waals surface area contributed by atoms with Gasteiger partial charge in [0.25, 0.3) is 0 Å². The zero-order valence-electron chi connectivity index (χ0n) is 10.1. The highest BCUT2D eigenvalue weighted by Gasteiger charge is 2.44. The Morgan fingerprint density at radius 1 is 1.41 bits per heavy atom. The van der Waals surface area contributed by atoms with Crippen LogP contribution in [0.5, 0.6) is 0 Å². The van der Waals surface area contributed by atoms with E-state index >= 15 is 0 Å². The maximum absolute atomic E-state index is 12.1. The Hall–Kier alpha value is -1.10. The SMILES string of the molecule is CN1CCC(NC(=O)C2CC3CCC2N3)C1=O. The van der Waals surface area contributed by atoms with Crippen LogP contribution in [0.3, 0.4) is 0 Å². The number of amides is 2. The number of nitrogens with zero attached hydrogens (tertiary/aromatic N) is 1. The zero-order chi connectivity index (χ0) is 12.0. The summed E-state index contributed by atoms with van der Waals surface area (Å²) in [6, 6.07) is 0.582. The van der Waals surface area contributed by atoms with Gasteiger partial charge in [0, 0.05) is 25.7 Å².